The molecule has 1 aliphatic heterocycles. The summed E-state index contributed by atoms with van der Waals surface area (Å²) in [4.78, 5) is 32.9. The first-order valence-electron chi connectivity index (χ1n) is 14.8. The van der Waals surface area contributed by atoms with Crippen LogP contribution in [0.2, 0.25) is 5.02 Å². The lowest BCUT2D eigenvalue weighted by Gasteiger charge is -2.25. The molecule has 5 aromatic rings. The lowest BCUT2D eigenvalue weighted by molar-refractivity contribution is -0.139. The molecule has 2 heterocycles. The number of thiazole rings is 1. The van der Waals surface area contributed by atoms with Crippen LogP contribution in [-0.2, 0) is 16.1 Å². The molecule has 0 bridgehead atoms. The molecule has 6 rings (SSSR count). The molecule has 0 saturated carbocycles. The van der Waals surface area contributed by atoms with Crippen LogP contribution in [0.5, 0.6) is 11.5 Å². The molecule has 10 heteroatoms. The number of hydrogen-bond donors (Lipinski definition) is 0. The number of esters is 1. The van der Waals surface area contributed by atoms with E-state index in [-0.39, 0.29) is 12.2 Å². The third-order valence-corrected chi connectivity index (χ3v) is 9.60. The summed E-state index contributed by atoms with van der Waals surface area (Å²) in [6, 6.07) is 24.5. The van der Waals surface area contributed by atoms with Gasteiger partial charge in [-0.05, 0) is 101 Å². The summed E-state index contributed by atoms with van der Waals surface area (Å²) in [5.41, 5.74) is 3.23. The smallest absolute Gasteiger partial charge is 0.338 e. The van der Waals surface area contributed by atoms with Gasteiger partial charge in [0.15, 0.2) is 16.3 Å². The van der Waals surface area contributed by atoms with Crippen molar-refractivity contribution in [1.29, 1.82) is 0 Å². The fourth-order valence-corrected chi connectivity index (χ4v) is 7.49. The number of benzene rings is 4. The van der Waals surface area contributed by atoms with E-state index in [0.717, 1.165) is 31.0 Å². The maximum Gasteiger partial charge on any atom is 0.338 e. The quantitative estimate of drug-likeness (QED) is 0.117. The molecule has 1 atom stereocenters. The zero-order valence-corrected chi connectivity index (χ0v) is 29.1. The SMILES string of the molecule is CCOC(=O)C1=C(C)N=c2s/c(=C/c3cc(I)c(OCc4ccc(Cl)cc4)c(OCC)c3)c(=O)n2[C@H]1c1cccc2ccccc12. The van der Waals surface area contributed by atoms with Crippen molar-refractivity contribution in [3.8, 4) is 11.5 Å². The average Bonchev–Trinajstić information content (AvgIpc) is 3.34. The number of carbonyl (C=O) groups excluding carboxylic acids is 1. The van der Waals surface area contributed by atoms with Crippen molar-refractivity contribution in [2.75, 3.05) is 13.2 Å². The predicted molar refractivity (Wildman–Crippen MR) is 190 cm³/mol. The zero-order chi connectivity index (χ0) is 32.4. The maximum atomic E-state index is 14.3. The van der Waals surface area contributed by atoms with Gasteiger partial charge in [-0.25, -0.2) is 9.79 Å². The van der Waals surface area contributed by atoms with E-state index in [1.165, 1.54) is 11.3 Å². The molecule has 0 saturated heterocycles. The molecule has 0 spiro atoms. The number of rotatable bonds is 9. The van der Waals surface area contributed by atoms with Crippen LogP contribution in [-0.4, -0.2) is 23.8 Å². The van der Waals surface area contributed by atoms with Crippen LogP contribution in [0.1, 0.15) is 43.5 Å². The molecule has 7 nitrogen and oxygen atoms in total. The fourth-order valence-electron chi connectivity index (χ4n) is 5.54. The third kappa shape index (κ3) is 6.36. The monoisotopic (exact) mass is 764 g/mol. The molecule has 4 aromatic carbocycles. The van der Waals surface area contributed by atoms with E-state index in [0.29, 0.717) is 50.3 Å². The number of ether oxygens (including phenoxy) is 3. The molecular weight excluding hydrogens is 735 g/mol. The third-order valence-electron chi connectivity index (χ3n) is 7.56. The standard InChI is InChI=1S/C36H30ClIN2O5S/c1-4-43-29-18-23(17-28(38)33(29)45-20-22-13-15-25(37)16-14-22)19-30-34(41)40-32(27-12-8-10-24-9-6-7-11-26(24)27)31(35(42)44-5-2)21(3)39-36(40)46-30/h6-19,32H,4-5,20H2,1-3H3/b30-19+/t32-/m0/s1. The highest BCUT2D eigenvalue weighted by molar-refractivity contribution is 14.1. The first-order valence-corrected chi connectivity index (χ1v) is 17.1. The summed E-state index contributed by atoms with van der Waals surface area (Å²) in [6.07, 6.45) is 1.83. The van der Waals surface area contributed by atoms with Gasteiger partial charge in [0.1, 0.15) is 6.61 Å². The van der Waals surface area contributed by atoms with Crippen molar-refractivity contribution in [3.63, 3.8) is 0 Å². The van der Waals surface area contributed by atoms with Crippen molar-refractivity contribution < 1.29 is 19.0 Å². The molecule has 0 radical (unpaired) electrons. The number of allylic oxidation sites excluding steroid dienone is 1. The molecule has 0 unspecified atom stereocenters. The van der Waals surface area contributed by atoms with Crippen LogP contribution in [0, 0.1) is 3.57 Å². The normalized spacial score (nSPS) is 14.6. The summed E-state index contributed by atoms with van der Waals surface area (Å²) >= 11 is 9.54. The van der Waals surface area contributed by atoms with Gasteiger partial charge in [0.2, 0.25) is 0 Å². The van der Waals surface area contributed by atoms with Gasteiger partial charge in [-0.1, -0.05) is 77.5 Å². The van der Waals surface area contributed by atoms with E-state index in [1.54, 1.807) is 18.4 Å². The summed E-state index contributed by atoms with van der Waals surface area (Å²) in [5, 5.41) is 2.63. The lowest BCUT2D eigenvalue weighted by atomic mass is 9.91. The Morgan fingerprint density at radius 3 is 2.54 bits per heavy atom. The van der Waals surface area contributed by atoms with Crippen LogP contribution in [0.3, 0.4) is 0 Å². The highest BCUT2D eigenvalue weighted by Gasteiger charge is 2.34. The van der Waals surface area contributed by atoms with Gasteiger partial charge in [-0.2, -0.15) is 0 Å². The Hall–Kier alpha value is -3.93. The van der Waals surface area contributed by atoms with Crippen LogP contribution >= 0.6 is 45.5 Å². The summed E-state index contributed by atoms with van der Waals surface area (Å²) < 4.78 is 20.6. The molecule has 0 aliphatic carbocycles. The van der Waals surface area contributed by atoms with Crippen LogP contribution in [0.4, 0.5) is 0 Å². The molecule has 46 heavy (non-hydrogen) atoms. The van der Waals surface area contributed by atoms with Gasteiger partial charge in [0.25, 0.3) is 5.56 Å². The highest BCUT2D eigenvalue weighted by Crippen LogP contribution is 2.36. The second-order valence-corrected chi connectivity index (χ2v) is 13.2. The van der Waals surface area contributed by atoms with E-state index in [2.05, 4.69) is 22.6 Å². The molecular formula is C36H30ClIN2O5S. The molecule has 0 amide bonds. The second kappa shape index (κ2) is 13.8. The van der Waals surface area contributed by atoms with Gasteiger partial charge in [-0.3, -0.25) is 9.36 Å². The maximum absolute atomic E-state index is 14.3. The lowest BCUT2D eigenvalue weighted by Crippen LogP contribution is -2.40. The van der Waals surface area contributed by atoms with Crippen molar-refractivity contribution in [2.24, 2.45) is 4.99 Å². The van der Waals surface area contributed by atoms with E-state index < -0.39 is 12.0 Å². The summed E-state index contributed by atoms with van der Waals surface area (Å²) in [7, 11) is 0. The van der Waals surface area contributed by atoms with Gasteiger partial charge in [0, 0.05) is 5.02 Å². The van der Waals surface area contributed by atoms with Crippen LogP contribution in [0.25, 0.3) is 16.8 Å². The van der Waals surface area contributed by atoms with E-state index in [1.807, 2.05) is 91.9 Å². The number of hydrogen-bond acceptors (Lipinski definition) is 7. The second-order valence-electron chi connectivity index (χ2n) is 10.5. The van der Waals surface area contributed by atoms with Crippen molar-refractivity contribution in [2.45, 2.75) is 33.4 Å². The number of aromatic nitrogens is 1. The van der Waals surface area contributed by atoms with Gasteiger partial charge in [0.05, 0.1) is 38.6 Å². The first kappa shape index (κ1) is 32.0. The molecule has 0 fully saturated rings. The van der Waals surface area contributed by atoms with Crippen LogP contribution < -0.4 is 24.4 Å². The van der Waals surface area contributed by atoms with E-state index in [4.69, 9.17) is 30.8 Å². The Kier molecular flexibility index (Phi) is 9.62. The minimum Gasteiger partial charge on any atom is -0.490 e. The number of carbonyl (C=O) groups is 1. The Balaban J connectivity index is 1.46. The molecule has 234 valence electrons. The number of nitrogens with zero attached hydrogens (tertiary/aromatic N) is 2. The molecule has 1 aliphatic rings. The van der Waals surface area contributed by atoms with Gasteiger partial charge < -0.3 is 14.2 Å². The number of halogens is 2. The topological polar surface area (TPSA) is 79.1 Å². The number of fused-ring (bicyclic) bond motifs is 2. The minimum absolute atomic E-state index is 0.211. The van der Waals surface area contributed by atoms with Crippen molar-refractivity contribution in [1.82, 2.24) is 4.57 Å². The molecule has 0 N–H and O–H groups in total. The van der Waals surface area contributed by atoms with Crippen molar-refractivity contribution >= 4 is 68.3 Å². The molecule has 1 aromatic heterocycles. The van der Waals surface area contributed by atoms with Crippen molar-refractivity contribution in [3.05, 3.63) is 135 Å². The van der Waals surface area contributed by atoms with Gasteiger partial charge >= 0.3 is 5.97 Å². The van der Waals surface area contributed by atoms with E-state index in [9.17, 15) is 9.59 Å². The minimum atomic E-state index is -0.702. The largest absolute Gasteiger partial charge is 0.490 e. The Labute approximate surface area is 288 Å². The summed E-state index contributed by atoms with van der Waals surface area (Å²) in [6.45, 7) is 6.48. The first-order chi connectivity index (χ1) is 22.3. The van der Waals surface area contributed by atoms with E-state index >= 15 is 0 Å². The van der Waals surface area contributed by atoms with Gasteiger partial charge in [-0.15, -0.1) is 0 Å². The Bertz CT molecular complexity index is 2170. The fraction of sp³-hybridized carbons (Fsp3) is 0.194. The zero-order valence-electron chi connectivity index (χ0n) is 25.4. The Morgan fingerprint density at radius 2 is 1.78 bits per heavy atom. The Morgan fingerprint density at radius 1 is 1.02 bits per heavy atom. The predicted octanol–water partition coefficient (Wildman–Crippen LogP) is 7.19. The average molecular weight is 765 g/mol. The highest BCUT2D eigenvalue weighted by atomic mass is 127. The summed E-state index contributed by atoms with van der Waals surface area (Å²) in [5.74, 6) is 0.721. The van der Waals surface area contributed by atoms with Crippen LogP contribution in [0.15, 0.2) is 99.9 Å².